The van der Waals surface area contributed by atoms with E-state index >= 15 is 0 Å². The predicted molar refractivity (Wildman–Crippen MR) is 134 cm³/mol. The highest BCUT2D eigenvalue weighted by atomic mass is 79.9. The number of benzene rings is 1. The van der Waals surface area contributed by atoms with E-state index in [1.54, 1.807) is 13.0 Å². The molecule has 2 aromatic rings. The summed E-state index contributed by atoms with van der Waals surface area (Å²) in [7, 11) is 0. The summed E-state index contributed by atoms with van der Waals surface area (Å²) in [6, 6.07) is 3.56. The quantitative estimate of drug-likeness (QED) is 0.123. The van der Waals surface area contributed by atoms with Crippen molar-refractivity contribution < 1.29 is 13.9 Å². The molecule has 0 aliphatic carbocycles. The van der Waals surface area contributed by atoms with Gasteiger partial charge in [-0.1, -0.05) is 60.1 Å². The number of carbonyl (C=O) groups excluding carboxylic acids is 1. The predicted octanol–water partition coefficient (Wildman–Crippen LogP) is 6.70. The Bertz CT molecular complexity index is 941. The molecule has 1 aromatic heterocycles. The van der Waals surface area contributed by atoms with E-state index < -0.39 is 5.67 Å². The molecule has 0 fully saturated rings. The number of nitrogens with zero attached hydrogens (tertiary/aromatic N) is 1. The summed E-state index contributed by atoms with van der Waals surface area (Å²) in [6.45, 7) is 4.13. The largest absolute Gasteiger partial charge is 0.465 e. The molecule has 2 unspecified atom stereocenters. The average molecular weight is 550 g/mol. The molecular formula is C23H31BrClFN2O3S. The van der Waals surface area contributed by atoms with Crippen LogP contribution in [0.15, 0.2) is 28.2 Å². The number of unbranched alkanes of at least 4 members (excludes halogenated alkanes) is 2. The van der Waals surface area contributed by atoms with Crippen LogP contribution in [0.5, 0.6) is 0 Å². The van der Waals surface area contributed by atoms with Crippen molar-refractivity contribution in [3.63, 3.8) is 0 Å². The van der Waals surface area contributed by atoms with Crippen LogP contribution in [0.1, 0.15) is 58.8 Å². The Labute approximate surface area is 206 Å². The minimum absolute atomic E-state index is 0.238. The van der Waals surface area contributed by atoms with Crippen molar-refractivity contribution >= 4 is 56.2 Å². The molecule has 2 rings (SSSR count). The van der Waals surface area contributed by atoms with E-state index in [1.165, 1.54) is 18.1 Å². The smallest absolute Gasteiger partial charge is 0.306 e. The zero-order valence-electron chi connectivity index (χ0n) is 18.6. The number of H-pyrrole nitrogens is 1. The molecule has 0 bridgehead atoms. The Morgan fingerprint density at radius 3 is 2.88 bits per heavy atom. The van der Waals surface area contributed by atoms with Gasteiger partial charge in [0.15, 0.2) is 0 Å². The van der Waals surface area contributed by atoms with Crippen LogP contribution in [0.4, 0.5) is 4.39 Å². The van der Waals surface area contributed by atoms with Gasteiger partial charge < -0.3 is 9.72 Å². The summed E-state index contributed by atoms with van der Waals surface area (Å²) in [6.07, 6.45) is 6.96. The topological polar surface area (TPSA) is 72.0 Å². The molecule has 1 heterocycles. The normalized spacial score (nSPS) is 14.3. The van der Waals surface area contributed by atoms with Gasteiger partial charge in [0.1, 0.15) is 5.67 Å². The lowest BCUT2D eigenvalue weighted by molar-refractivity contribution is -0.144. The van der Waals surface area contributed by atoms with Crippen LogP contribution in [-0.4, -0.2) is 39.3 Å². The second-order valence-corrected chi connectivity index (χ2v) is 10.3. The van der Waals surface area contributed by atoms with Gasteiger partial charge in [0.05, 0.1) is 35.3 Å². The summed E-state index contributed by atoms with van der Waals surface area (Å²) in [5.74, 6) is 0.598. The number of aromatic amines is 1. The molecule has 5 nitrogen and oxygen atoms in total. The Hall–Kier alpha value is -1.12. The van der Waals surface area contributed by atoms with Gasteiger partial charge >= 0.3 is 5.97 Å². The van der Waals surface area contributed by atoms with E-state index in [9.17, 15) is 14.0 Å². The van der Waals surface area contributed by atoms with Crippen LogP contribution in [0, 0.1) is 5.92 Å². The molecule has 0 saturated carbocycles. The number of esters is 1. The highest BCUT2D eigenvalue weighted by molar-refractivity contribution is 9.09. The fourth-order valence-electron chi connectivity index (χ4n) is 3.32. The lowest BCUT2D eigenvalue weighted by Gasteiger charge is -2.18. The van der Waals surface area contributed by atoms with Gasteiger partial charge in [-0.05, 0) is 37.8 Å². The molecule has 1 aromatic carbocycles. The van der Waals surface area contributed by atoms with Gasteiger partial charge in [0, 0.05) is 16.0 Å². The summed E-state index contributed by atoms with van der Waals surface area (Å²) in [4.78, 5) is 31.5. The third-order valence-corrected chi connectivity index (χ3v) is 8.15. The van der Waals surface area contributed by atoms with Crippen molar-refractivity contribution in [2.75, 3.05) is 17.7 Å². The standard InChI is InChI=1S/C23H31BrClFN2O3S/c1-3-16(7-5-4-6-11-23(2,26)14-24)13-31-19(29)10-12-32-18-9-8-17-20(21(18)25)22(30)28-15-27-17/h8-9,15-16H,3-7,10-14H2,1-2H3,(H,27,28,30). The zero-order valence-corrected chi connectivity index (χ0v) is 21.8. The first-order valence-electron chi connectivity index (χ1n) is 11.0. The third-order valence-electron chi connectivity index (χ3n) is 5.42. The maximum atomic E-state index is 13.9. The van der Waals surface area contributed by atoms with Crippen molar-refractivity contribution in [2.24, 2.45) is 5.92 Å². The molecule has 2 atom stereocenters. The summed E-state index contributed by atoms with van der Waals surface area (Å²) < 4.78 is 19.3. The van der Waals surface area contributed by atoms with Crippen molar-refractivity contribution in [2.45, 2.75) is 69.4 Å². The van der Waals surface area contributed by atoms with E-state index in [1.807, 2.05) is 6.07 Å². The van der Waals surface area contributed by atoms with Crippen LogP contribution in [-0.2, 0) is 9.53 Å². The van der Waals surface area contributed by atoms with E-state index in [2.05, 4.69) is 32.8 Å². The number of ether oxygens (including phenoxy) is 1. The molecular weight excluding hydrogens is 519 g/mol. The maximum absolute atomic E-state index is 13.9. The molecule has 1 N–H and O–H groups in total. The van der Waals surface area contributed by atoms with Crippen LogP contribution >= 0.6 is 39.3 Å². The van der Waals surface area contributed by atoms with Crippen LogP contribution in [0.25, 0.3) is 10.9 Å². The number of hydrogen-bond donors (Lipinski definition) is 1. The van der Waals surface area contributed by atoms with Crippen molar-refractivity contribution in [3.8, 4) is 0 Å². The molecule has 0 aliphatic rings. The number of hydrogen-bond acceptors (Lipinski definition) is 5. The van der Waals surface area contributed by atoms with Crippen LogP contribution in [0.3, 0.4) is 0 Å². The van der Waals surface area contributed by atoms with Gasteiger partial charge in [-0.15, -0.1) is 11.8 Å². The van der Waals surface area contributed by atoms with Crippen molar-refractivity contribution in [3.05, 3.63) is 33.8 Å². The molecule has 0 radical (unpaired) electrons. The Kier molecular flexibility index (Phi) is 11.5. The molecule has 0 aliphatic heterocycles. The number of thioether (sulfide) groups is 1. The Morgan fingerprint density at radius 2 is 2.16 bits per heavy atom. The van der Waals surface area contributed by atoms with Crippen LogP contribution < -0.4 is 5.56 Å². The van der Waals surface area contributed by atoms with Gasteiger partial charge in [0.2, 0.25) is 0 Å². The number of rotatable bonds is 14. The first-order chi connectivity index (χ1) is 15.3. The van der Waals surface area contributed by atoms with Crippen molar-refractivity contribution in [1.82, 2.24) is 9.97 Å². The summed E-state index contributed by atoms with van der Waals surface area (Å²) >= 11 is 11.0. The van der Waals surface area contributed by atoms with Gasteiger partial charge in [-0.25, -0.2) is 9.37 Å². The number of alkyl halides is 2. The van der Waals surface area contributed by atoms with Crippen molar-refractivity contribution in [1.29, 1.82) is 0 Å². The second kappa shape index (κ2) is 13.6. The number of halogens is 3. The first-order valence-corrected chi connectivity index (χ1v) is 13.4. The number of fused-ring (bicyclic) bond motifs is 1. The molecule has 0 spiro atoms. The van der Waals surface area contributed by atoms with E-state index in [-0.39, 0.29) is 17.9 Å². The minimum Gasteiger partial charge on any atom is -0.465 e. The highest BCUT2D eigenvalue weighted by Gasteiger charge is 2.20. The molecule has 9 heteroatoms. The first kappa shape index (κ1) is 27.1. The molecule has 0 amide bonds. The average Bonchev–Trinajstić information content (AvgIpc) is 2.77. The highest BCUT2D eigenvalue weighted by Crippen LogP contribution is 2.31. The molecule has 0 saturated heterocycles. The molecule has 178 valence electrons. The monoisotopic (exact) mass is 548 g/mol. The third kappa shape index (κ3) is 8.67. The number of nitrogens with one attached hydrogen (secondary N) is 1. The van der Waals surface area contributed by atoms with Gasteiger partial charge in [-0.3, -0.25) is 9.59 Å². The fraction of sp³-hybridized carbons (Fsp3) is 0.609. The van der Waals surface area contributed by atoms with E-state index in [4.69, 9.17) is 16.3 Å². The summed E-state index contributed by atoms with van der Waals surface area (Å²) in [5, 5.41) is 1.08. The van der Waals surface area contributed by atoms with E-state index in [0.717, 1.165) is 37.0 Å². The van der Waals surface area contributed by atoms with Gasteiger partial charge in [0.25, 0.3) is 5.56 Å². The number of aromatic nitrogens is 2. The zero-order chi connectivity index (χ0) is 23.6. The second-order valence-electron chi connectivity index (χ2n) is 8.21. The fourth-order valence-corrected chi connectivity index (χ4v) is 4.89. The van der Waals surface area contributed by atoms with E-state index in [0.29, 0.717) is 46.0 Å². The summed E-state index contributed by atoms with van der Waals surface area (Å²) in [5.41, 5.74) is -0.884. The Morgan fingerprint density at radius 1 is 1.38 bits per heavy atom. The SMILES string of the molecule is CCC(CCCCCC(C)(F)CBr)COC(=O)CCSc1ccc2nc[nH]c(=O)c2c1Cl. The lowest BCUT2D eigenvalue weighted by atomic mass is 9.97. The van der Waals surface area contributed by atoms with Crippen LogP contribution in [0.2, 0.25) is 5.02 Å². The lowest BCUT2D eigenvalue weighted by Crippen LogP contribution is -2.19. The Balaban J connectivity index is 1.69. The molecule has 32 heavy (non-hydrogen) atoms. The maximum Gasteiger partial charge on any atom is 0.306 e. The number of carbonyl (C=O) groups is 1. The minimum atomic E-state index is -1.14. The van der Waals surface area contributed by atoms with Gasteiger partial charge in [-0.2, -0.15) is 0 Å².